The summed E-state index contributed by atoms with van der Waals surface area (Å²) >= 11 is 1.37. The molecule has 0 spiro atoms. The smallest absolute Gasteiger partial charge is 0.271 e. The van der Waals surface area contributed by atoms with Crippen molar-refractivity contribution < 1.29 is 19.0 Å². The molecule has 3 aromatic carbocycles. The first-order valence-corrected chi connectivity index (χ1v) is 11.4. The van der Waals surface area contributed by atoms with Crippen molar-refractivity contribution in [1.29, 1.82) is 0 Å². The Balaban J connectivity index is 1.48. The molecule has 0 aromatic heterocycles. The summed E-state index contributed by atoms with van der Waals surface area (Å²) in [5.74, 6) is 2.02. The molecule has 1 saturated heterocycles. The predicted molar refractivity (Wildman–Crippen MR) is 131 cm³/mol. The molecule has 6 nitrogen and oxygen atoms in total. The molecule has 166 valence electrons. The number of hydrogen-bond donors (Lipinski definition) is 0. The van der Waals surface area contributed by atoms with Gasteiger partial charge in [0.2, 0.25) is 0 Å². The fourth-order valence-electron chi connectivity index (χ4n) is 3.58. The maximum absolute atomic E-state index is 13.4. The summed E-state index contributed by atoms with van der Waals surface area (Å²) in [6.07, 6.45) is 1.87. The highest BCUT2D eigenvalue weighted by molar-refractivity contribution is 8.19. The lowest BCUT2D eigenvalue weighted by Crippen LogP contribution is -2.28. The summed E-state index contributed by atoms with van der Waals surface area (Å²) in [6.45, 7) is 1.54. The highest BCUT2D eigenvalue weighted by atomic mass is 32.2. The molecule has 2 heterocycles. The molecule has 33 heavy (non-hydrogen) atoms. The Labute approximate surface area is 196 Å². The van der Waals surface area contributed by atoms with E-state index in [4.69, 9.17) is 19.2 Å². The highest BCUT2D eigenvalue weighted by Crippen LogP contribution is 2.38. The molecule has 0 saturated carbocycles. The Morgan fingerprint density at radius 3 is 2.52 bits per heavy atom. The van der Waals surface area contributed by atoms with Crippen LogP contribution in [0.3, 0.4) is 0 Å². The van der Waals surface area contributed by atoms with E-state index in [1.165, 1.54) is 11.8 Å². The molecule has 2 aliphatic heterocycles. The zero-order valence-electron chi connectivity index (χ0n) is 18.1. The second-order valence-corrected chi connectivity index (χ2v) is 8.45. The van der Waals surface area contributed by atoms with Gasteiger partial charge in [0.25, 0.3) is 5.91 Å². The van der Waals surface area contributed by atoms with Crippen LogP contribution in [0.25, 0.3) is 6.08 Å². The quantitative estimate of drug-likeness (QED) is 0.495. The van der Waals surface area contributed by atoms with Crippen LogP contribution in [-0.2, 0) is 11.3 Å². The van der Waals surface area contributed by atoms with Crippen molar-refractivity contribution in [1.82, 2.24) is 0 Å². The van der Waals surface area contributed by atoms with Gasteiger partial charge in [-0.3, -0.25) is 14.7 Å². The van der Waals surface area contributed by atoms with Gasteiger partial charge in [0, 0.05) is 0 Å². The molecule has 0 aliphatic carbocycles. The molecule has 1 amide bonds. The van der Waals surface area contributed by atoms with Crippen LogP contribution in [-0.4, -0.2) is 31.4 Å². The molecule has 5 rings (SSSR count). The minimum absolute atomic E-state index is 0.119. The number of methoxy groups -OCH3 is 1. The molecule has 0 bridgehead atoms. The van der Waals surface area contributed by atoms with E-state index in [1.54, 1.807) is 12.0 Å². The van der Waals surface area contributed by atoms with Crippen molar-refractivity contribution >= 4 is 34.6 Å². The summed E-state index contributed by atoms with van der Waals surface area (Å²) in [4.78, 5) is 20.5. The van der Waals surface area contributed by atoms with Crippen LogP contribution in [0.15, 0.2) is 82.7 Å². The topological polar surface area (TPSA) is 60.4 Å². The van der Waals surface area contributed by atoms with Crippen LogP contribution < -0.4 is 19.1 Å². The van der Waals surface area contributed by atoms with Crippen LogP contribution in [0.2, 0.25) is 0 Å². The predicted octanol–water partition coefficient (Wildman–Crippen LogP) is 5.14. The number of thioether (sulfide) groups is 1. The number of rotatable bonds is 5. The summed E-state index contributed by atoms with van der Waals surface area (Å²) in [5.41, 5.74) is 2.69. The Kier molecular flexibility index (Phi) is 6.04. The third kappa shape index (κ3) is 4.59. The van der Waals surface area contributed by atoms with Crippen LogP contribution in [0.4, 0.5) is 5.69 Å². The van der Waals surface area contributed by atoms with Gasteiger partial charge in [-0.25, -0.2) is 0 Å². The molecular formula is C26H22N2O4S. The largest absolute Gasteiger partial charge is 0.497 e. The van der Waals surface area contributed by atoms with Gasteiger partial charge >= 0.3 is 0 Å². The van der Waals surface area contributed by atoms with Crippen LogP contribution >= 0.6 is 11.8 Å². The van der Waals surface area contributed by atoms with Gasteiger partial charge in [0.15, 0.2) is 16.7 Å². The lowest BCUT2D eigenvalue weighted by atomic mass is 10.1. The zero-order chi connectivity index (χ0) is 22.6. The Bertz CT molecular complexity index is 1220. The Hall–Kier alpha value is -3.71. The number of benzene rings is 3. The SMILES string of the molecule is COc1ccc(N2C(=O)/C(=C/c3ccc4c(c3)OCCO4)SC2=NCc2ccccc2)cc1. The average Bonchev–Trinajstić information content (AvgIpc) is 3.18. The normalized spacial score (nSPS) is 17.6. The third-order valence-electron chi connectivity index (χ3n) is 5.24. The monoisotopic (exact) mass is 458 g/mol. The fourth-order valence-corrected chi connectivity index (χ4v) is 4.56. The number of amidine groups is 1. The minimum atomic E-state index is -0.119. The number of nitrogens with zero attached hydrogens (tertiary/aromatic N) is 2. The van der Waals surface area contributed by atoms with Gasteiger partial charge in [0.1, 0.15) is 19.0 Å². The lowest BCUT2D eigenvalue weighted by Gasteiger charge is -2.18. The number of amides is 1. The summed E-state index contributed by atoms with van der Waals surface area (Å²) in [6, 6.07) is 23.1. The lowest BCUT2D eigenvalue weighted by molar-refractivity contribution is -0.113. The Morgan fingerprint density at radius 2 is 1.76 bits per heavy atom. The van der Waals surface area contributed by atoms with Crippen molar-refractivity contribution in [2.24, 2.45) is 4.99 Å². The Morgan fingerprint density at radius 1 is 1.00 bits per heavy atom. The average molecular weight is 459 g/mol. The van der Waals surface area contributed by atoms with Gasteiger partial charge in [-0.2, -0.15) is 0 Å². The van der Waals surface area contributed by atoms with Gasteiger partial charge in [-0.15, -0.1) is 0 Å². The number of carbonyl (C=O) groups is 1. The van der Waals surface area contributed by atoms with E-state index in [0.717, 1.165) is 28.3 Å². The van der Waals surface area contributed by atoms with Crippen LogP contribution in [0.1, 0.15) is 11.1 Å². The number of aliphatic imine (C=N–C) groups is 1. The molecular weight excluding hydrogens is 436 g/mol. The summed E-state index contributed by atoms with van der Waals surface area (Å²) < 4.78 is 16.5. The molecule has 3 aromatic rings. The summed E-state index contributed by atoms with van der Waals surface area (Å²) in [5, 5.41) is 0.637. The first kappa shape index (κ1) is 21.2. The highest BCUT2D eigenvalue weighted by Gasteiger charge is 2.34. The van der Waals surface area contributed by atoms with Crippen LogP contribution in [0.5, 0.6) is 17.2 Å². The molecule has 0 radical (unpaired) electrons. The van der Waals surface area contributed by atoms with E-state index in [0.29, 0.717) is 35.6 Å². The maximum Gasteiger partial charge on any atom is 0.271 e. The zero-order valence-corrected chi connectivity index (χ0v) is 18.9. The van der Waals surface area contributed by atoms with E-state index in [-0.39, 0.29) is 5.91 Å². The third-order valence-corrected chi connectivity index (χ3v) is 6.25. The van der Waals surface area contributed by atoms with Gasteiger partial charge in [-0.1, -0.05) is 36.4 Å². The number of hydrogen-bond acceptors (Lipinski definition) is 6. The van der Waals surface area contributed by atoms with Crippen molar-refractivity contribution in [3.05, 3.63) is 88.8 Å². The number of fused-ring (bicyclic) bond motifs is 1. The minimum Gasteiger partial charge on any atom is -0.497 e. The molecule has 0 N–H and O–H groups in total. The maximum atomic E-state index is 13.4. The van der Waals surface area contributed by atoms with E-state index in [2.05, 4.69) is 0 Å². The molecule has 0 unspecified atom stereocenters. The fraction of sp³-hybridized carbons (Fsp3) is 0.154. The summed E-state index contributed by atoms with van der Waals surface area (Å²) in [7, 11) is 1.62. The van der Waals surface area contributed by atoms with Gasteiger partial charge in [0.05, 0.1) is 24.2 Å². The van der Waals surface area contributed by atoms with E-state index in [1.807, 2.05) is 78.9 Å². The van der Waals surface area contributed by atoms with Gasteiger partial charge in [-0.05, 0) is 65.4 Å². The molecule has 7 heteroatoms. The van der Waals surface area contributed by atoms with E-state index in [9.17, 15) is 4.79 Å². The number of ether oxygens (including phenoxy) is 3. The number of anilines is 1. The van der Waals surface area contributed by atoms with Crippen molar-refractivity contribution in [2.75, 3.05) is 25.2 Å². The molecule has 2 aliphatic rings. The number of carbonyl (C=O) groups excluding carboxylic acids is 1. The second-order valence-electron chi connectivity index (χ2n) is 7.44. The van der Waals surface area contributed by atoms with E-state index < -0.39 is 0 Å². The molecule has 0 atom stereocenters. The first-order valence-electron chi connectivity index (χ1n) is 10.6. The van der Waals surface area contributed by atoms with Crippen LogP contribution in [0, 0.1) is 0 Å². The second kappa shape index (κ2) is 9.42. The van der Waals surface area contributed by atoms with Crippen molar-refractivity contribution in [2.45, 2.75) is 6.54 Å². The van der Waals surface area contributed by atoms with E-state index >= 15 is 0 Å². The van der Waals surface area contributed by atoms with Gasteiger partial charge < -0.3 is 14.2 Å². The van der Waals surface area contributed by atoms with Crippen molar-refractivity contribution in [3.8, 4) is 17.2 Å². The molecule has 1 fully saturated rings. The standard InChI is InChI=1S/C26H22N2O4S/c1-30-21-10-8-20(9-11-21)28-25(29)24(33-26(28)27-17-18-5-3-2-4-6-18)16-19-7-12-22-23(15-19)32-14-13-31-22/h2-12,15-16H,13-14,17H2,1H3/b24-16-,27-26?. The first-order chi connectivity index (χ1) is 16.2. The van der Waals surface area contributed by atoms with Crippen molar-refractivity contribution in [3.63, 3.8) is 0 Å².